The van der Waals surface area contributed by atoms with Gasteiger partial charge in [0.1, 0.15) is 0 Å². The predicted molar refractivity (Wildman–Crippen MR) is 46.1 cm³/mol. The summed E-state index contributed by atoms with van der Waals surface area (Å²) in [5.41, 5.74) is 2.17. The quantitative estimate of drug-likeness (QED) is 0.576. The minimum Gasteiger partial charge on any atom is -0.301 e. The molecule has 0 aliphatic carbocycles. The molecule has 0 saturated carbocycles. The number of fused-ring (bicyclic) bond motifs is 1. The van der Waals surface area contributed by atoms with E-state index in [2.05, 4.69) is 10.00 Å². The fourth-order valence-corrected chi connectivity index (χ4v) is 1.75. The first-order valence-corrected chi connectivity index (χ1v) is 4.14. The van der Waals surface area contributed by atoms with E-state index in [9.17, 15) is 4.79 Å². The number of likely N-dealkylation sites (N-methyl/N-ethyl adjacent to an activating group) is 1. The van der Waals surface area contributed by atoms with Crippen LogP contribution in [0.15, 0.2) is 4.79 Å². The molecule has 0 saturated heterocycles. The van der Waals surface area contributed by atoms with Gasteiger partial charge in [0, 0.05) is 32.3 Å². The Morgan fingerprint density at radius 3 is 2.92 bits per heavy atom. The Kier molecular flexibility index (Phi) is 1.58. The highest BCUT2D eigenvalue weighted by Crippen LogP contribution is 2.12. The van der Waals surface area contributed by atoms with Crippen LogP contribution >= 0.6 is 0 Å². The number of nitrogens with zero attached hydrogens (tertiary/aromatic N) is 2. The second kappa shape index (κ2) is 2.48. The molecule has 2 rings (SSSR count). The lowest BCUT2D eigenvalue weighted by atomic mass is 10.1. The summed E-state index contributed by atoms with van der Waals surface area (Å²) >= 11 is 0. The third-order valence-corrected chi connectivity index (χ3v) is 2.45. The lowest BCUT2D eigenvalue weighted by molar-refractivity contribution is 0.308. The fourth-order valence-electron chi connectivity index (χ4n) is 1.75. The van der Waals surface area contributed by atoms with Crippen LogP contribution in [-0.4, -0.2) is 28.3 Å². The van der Waals surface area contributed by atoms with E-state index >= 15 is 0 Å². The minimum absolute atomic E-state index is 0.0686. The average molecular weight is 167 g/mol. The number of H-pyrrole nitrogens is 1. The molecule has 66 valence electrons. The van der Waals surface area contributed by atoms with Crippen molar-refractivity contribution >= 4 is 0 Å². The first kappa shape index (κ1) is 7.61. The Morgan fingerprint density at radius 2 is 2.17 bits per heavy atom. The number of hydrogen-bond acceptors (Lipinski definition) is 2. The van der Waals surface area contributed by atoms with Gasteiger partial charge in [-0.3, -0.25) is 14.6 Å². The van der Waals surface area contributed by atoms with Crippen LogP contribution in [0.2, 0.25) is 0 Å². The fraction of sp³-hybridized carbons (Fsp3) is 0.625. The number of aryl methyl sites for hydroxylation is 1. The molecule has 0 amide bonds. The van der Waals surface area contributed by atoms with Crippen LogP contribution in [0.1, 0.15) is 11.3 Å². The molecule has 1 aliphatic heterocycles. The minimum atomic E-state index is 0.0686. The smallest absolute Gasteiger partial charge is 0.268 e. The molecule has 0 spiro atoms. The summed E-state index contributed by atoms with van der Waals surface area (Å²) in [6, 6.07) is 0. The molecular weight excluding hydrogens is 154 g/mol. The maximum atomic E-state index is 11.3. The van der Waals surface area contributed by atoms with E-state index in [0.29, 0.717) is 0 Å². The van der Waals surface area contributed by atoms with Gasteiger partial charge in [0.25, 0.3) is 5.56 Å². The normalized spacial score (nSPS) is 17.8. The van der Waals surface area contributed by atoms with Crippen molar-refractivity contribution in [1.29, 1.82) is 0 Å². The van der Waals surface area contributed by atoms with E-state index in [-0.39, 0.29) is 5.56 Å². The van der Waals surface area contributed by atoms with Crippen molar-refractivity contribution in [2.75, 3.05) is 13.6 Å². The standard InChI is InChI=1S/C8H13N3O/c1-10-4-3-7-6(5-10)8(12)9-11(7)2/h3-5H2,1-2H3,(H,9,12). The van der Waals surface area contributed by atoms with Crippen LogP contribution in [0.25, 0.3) is 0 Å². The topological polar surface area (TPSA) is 41.0 Å². The zero-order valence-electron chi connectivity index (χ0n) is 7.42. The first-order chi connectivity index (χ1) is 5.68. The molecule has 0 fully saturated rings. The highest BCUT2D eigenvalue weighted by Gasteiger charge is 2.19. The Hall–Kier alpha value is -1.03. The van der Waals surface area contributed by atoms with Crippen molar-refractivity contribution in [3.63, 3.8) is 0 Å². The highest BCUT2D eigenvalue weighted by molar-refractivity contribution is 5.20. The monoisotopic (exact) mass is 167 g/mol. The van der Waals surface area contributed by atoms with Crippen molar-refractivity contribution in [3.8, 4) is 0 Å². The van der Waals surface area contributed by atoms with Gasteiger partial charge >= 0.3 is 0 Å². The Bertz CT molecular complexity index is 350. The third kappa shape index (κ3) is 0.992. The largest absolute Gasteiger partial charge is 0.301 e. The van der Waals surface area contributed by atoms with Gasteiger partial charge in [-0.25, -0.2) is 0 Å². The van der Waals surface area contributed by atoms with Crippen LogP contribution < -0.4 is 5.56 Å². The lowest BCUT2D eigenvalue weighted by Crippen LogP contribution is -2.29. The molecular formula is C8H13N3O. The van der Waals surface area contributed by atoms with E-state index in [4.69, 9.17) is 0 Å². The lowest BCUT2D eigenvalue weighted by Gasteiger charge is -2.21. The highest BCUT2D eigenvalue weighted by atomic mass is 16.1. The van der Waals surface area contributed by atoms with Crippen LogP contribution in [0, 0.1) is 0 Å². The molecule has 0 unspecified atom stereocenters. The maximum Gasteiger partial charge on any atom is 0.268 e. The summed E-state index contributed by atoms with van der Waals surface area (Å²) in [6.45, 7) is 1.82. The Labute approximate surface area is 70.8 Å². The Balaban J connectivity index is 2.52. The van der Waals surface area contributed by atoms with Crippen molar-refractivity contribution in [3.05, 3.63) is 21.6 Å². The van der Waals surface area contributed by atoms with Gasteiger partial charge in [-0.05, 0) is 7.05 Å². The number of nitrogens with one attached hydrogen (secondary N) is 1. The number of aromatic amines is 1. The van der Waals surface area contributed by atoms with Gasteiger partial charge in [0.05, 0.1) is 5.56 Å². The van der Waals surface area contributed by atoms with Crippen LogP contribution in [0.3, 0.4) is 0 Å². The van der Waals surface area contributed by atoms with Gasteiger partial charge in [0.15, 0.2) is 0 Å². The first-order valence-electron chi connectivity index (χ1n) is 4.14. The van der Waals surface area contributed by atoms with Gasteiger partial charge in [0.2, 0.25) is 0 Å². The second-order valence-electron chi connectivity index (χ2n) is 3.41. The Morgan fingerprint density at radius 1 is 1.42 bits per heavy atom. The molecule has 1 aromatic rings. The average Bonchev–Trinajstić information content (AvgIpc) is 2.28. The molecule has 1 aromatic heterocycles. The molecule has 0 radical (unpaired) electrons. The molecule has 12 heavy (non-hydrogen) atoms. The second-order valence-corrected chi connectivity index (χ2v) is 3.41. The van der Waals surface area contributed by atoms with E-state index in [1.54, 1.807) is 0 Å². The molecule has 2 heterocycles. The molecule has 4 nitrogen and oxygen atoms in total. The van der Waals surface area contributed by atoms with Gasteiger partial charge in [-0.15, -0.1) is 0 Å². The van der Waals surface area contributed by atoms with E-state index < -0.39 is 0 Å². The molecule has 0 atom stereocenters. The van der Waals surface area contributed by atoms with E-state index in [1.165, 1.54) is 0 Å². The van der Waals surface area contributed by atoms with Crippen LogP contribution in [-0.2, 0) is 20.0 Å². The zero-order valence-corrected chi connectivity index (χ0v) is 7.42. The summed E-state index contributed by atoms with van der Waals surface area (Å²) in [4.78, 5) is 13.5. The van der Waals surface area contributed by atoms with Crippen molar-refractivity contribution in [2.45, 2.75) is 13.0 Å². The predicted octanol–water partition coefficient (Wildman–Crippen LogP) is -0.299. The third-order valence-electron chi connectivity index (χ3n) is 2.45. The number of rotatable bonds is 0. The summed E-state index contributed by atoms with van der Waals surface area (Å²) in [7, 11) is 3.93. The van der Waals surface area contributed by atoms with Gasteiger partial charge in [-0.1, -0.05) is 0 Å². The molecule has 0 bridgehead atoms. The SMILES string of the molecule is CN1CCc2c(c(=O)[nH]n2C)C1. The maximum absolute atomic E-state index is 11.3. The summed E-state index contributed by atoms with van der Waals surface area (Å²) in [5, 5.41) is 2.77. The van der Waals surface area contributed by atoms with Gasteiger partial charge in [-0.2, -0.15) is 0 Å². The van der Waals surface area contributed by atoms with Gasteiger partial charge < -0.3 is 4.90 Å². The molecule has 1 aliphatic rings. The molecule has 0 aromatic carbocycles. The van der Waals surface area contributed by atoms with Crippen molar-refractivity contribution < 1.29 is 0 Å². The van der Waals surface area contributed by atoms with E-state index in [1.807, 2.05) is 18.8 Å². The van der Waals surface area contributed by atoms with Crippen molar-refractivity contribution in [1.82, 2.24) is 14.7 Å². The van der Waals surface area contributed by atoms with Crippen LogP contribution in [0.4, 0.5) is 0 Å². The van der Waals surface area contributed by atoms with Crippen molar-refractivity contribution in [2.24, 2.45) is 7.05 Å². The zero-order chi connectivity index (χ0) is 8.72. The summed E-state index contributed by atoms with van der Waals surface area (Å²) in [6.07, 6.45) is 0.973. The summed E-state index contributed by atoms with van der Waals surface area (Å²) < 4.78 is 1.84. The summed E-state index contributed by atoms with van der Waals surface area (Å²) in [5.74, 6) is 0. The molecule has 4 heteroatoms. The van der Waals surface area contributed by atoms with Crippen LogP contribution in [0.5, 0.6) is 0 Å². The van der Waals surface area contributed by atoms with E-state index in [0.717, 1.165) is 30.8 Å². The number of aromatic nitrogens is 2. The molecule has 1 N–H and O–H groups in total. The number of hydrogen-bond donors (Lipinski definition) is 1.